The Morgan fingerprint density at radius 3 is 2.07 bits per heavy atom. The standard InChI is InChI=1S/C22H23N3O3/c1-28-21(26)10-11-24-12-14-25(15-13-24)22(27)20-8-6-19(7-9-20)18-4-2-17(16-23)3-5-18/h2-9H,10-15H2,1H3. The topological polar surface area (TPSA) is 73.6 Å². The highest BCUT2D eigenvalue weighted by atomic mass is 16.5. The maximum absolute atomic E-state index is 12.7. The number of amides is 1. The van der Waals surface area contributed by atoms with Crippen LogP contribution < -0.4 is 0 Å². The third-order valence-electron chi connectivity index (χ3n) is 5.00. The summed E-state index contributed by atoms with van der Waals surface area (Å²) >= 11 is 0. The van der Waals surface area contributed by atoms with Crippen LogP contribution in [0.1, 0.15) is 22.3 Å². The molecule has 3 rings (SSSR count). The van der Waals surface area contributed by atoms with E-state index in [1.54, 1.807) is 12.1 Å². The number of hydrogen-bond acceptors (Lipinski definition) is 5. The third-order valence-corrected chi connectivity index (χ3v) is 5.00. The van der Waals surface area contributed by atoms with Crippen LogP contribution >= 0.6 is 0 Å². The number of piperazine rings is 1. The number of nitriles is 1. The van der Waals surface area contributed by atoms with E-state index in [2.05, 4.69) is 15.7 Å². The summed E-state index contributed by atoms with van der Waals surface area (Å²) in [5, 5.41) is 8.89. The van der Waals surface area contributed by atoms with Gasteiger partial charge >= 0.3 is 5.97 Å². The molecule has 0 radical (unpaired) electrons. The van der Waals surface area contributed by atoms with Crippen molar-refractivity contribution in [3.05, 3.63) is 59.7 Å². The van der Waals surface area contributed by atoms with Crippen LogP contribution in [0.4, 0.5) is 0 Å². The molecule has 2 aromatic rings. The molecule has 0 aliphatic carbocycles. The molecule has 1 amide bonds. The van der Waals surface area contributed by atoms with E-state index in [0.29, 0.717) is 37.2 Å². The molecular weight excluding hydrogens is 354 g/mol. The van der Waals surface area contributed by atoms with Gasteiger partial charge in [-0.05, 0) is 35.4 Å². The number of nitrogens with zero attached hydrogens (tertiary/aromatic N) is 3. The van der Waals surface area contributed by atoms with Crippen LogP contribution in [0.25, 0.3) is 11.1 Å². The van der Waals surface area contributed by atoms with Crippen LogP contribution in [0.15, 0.2) is 48.5 Å². The van der Waals surface area contributed by atoms with Gasteiger partial charge in [0.25, 0.3) is 5.91 Å². The zero-order chi connectivity index (χ0) is 19.9. The van der Waals surface area contributed by atoms with Gasteiger partial charge in [-0.1, -0.05) is 24.3 Å². The molecule has 1 saturated heterocycles. The van der Waals surface area contributed by atoms with Gasteiger partial charge in [0, 0.05) is 38.3 Å². The fourth-order valence-electron chi connectivity index (χ4n) is 3.25. The quantitative estimate of drug-likeness (QED) is 0.749. The van der Waals surface area contributed by atoms with Crippen molar-refractivity contribution in [1.29, 1.82) is 5.26 Å². The number of ether oxygens (including phenoxy) is 1. The van der Waals surface area contributed by atoms with E-state index >= 15 is 0 Å². The molecule has 144 valence electrons. The summed E-state index contributed by atoms with van der Waals surface area (Å²) in [7, 11) is 1.39. The van der Waals surface area contributed by atoms with E-state index in [9.17, 15) is 9.59 Å². The molecule has 1 aliphatic heterocycles. The predicted molar refractivity (Wildman–Crippen MR) is 106 cm³/mol. The van der Waals surface area contributed by atoms with Crippen molar-refractivity contribution in [3.8, 4) is 17.2 Å². The normalized spacial score (nSPS) is 14.4. The predicted octanol–water partition coefficient (Wildman–Crippen LogP) is 2.55. The number of hydrogen-bond donors (Lipinski definition) is 0. The maximum Gasteiger partial charge on any atom is 0.306 e. The Bertz CT molecular complexity index is 861. The lowest BCUT2D eigenvalue weighted by molar-refractivity contribution is -0.141. The van der Waals surface area contributed by atoms with Crippen molar-refractivity contribution in [2.75, 3.05) is 39.8 Å². The largest absolute Gasteiger partial charge is 0.469 e. The van der Waals surface area contributed by atoms with E-state index in [1.807, 2.05) is 41.3 Å². The maximum atomic E-state index is 12.7. The van der Waals surface area contributed by atoms with Crippen molar-refractivity contribution in [2.45, 2.75) is 6.42 Å². The van der Waals surface area contributed by atoms with E-state index < -0.39 is 0 Å². The summed E-state index contributed by atoms with van der Waals surface area (Å²) in [6, 6.07) is 17.0. The molecule has 6 heteroatoms. The Balaban J connectivity index is 1.56. The van der Waals surface area contributed by atoms with Gasteiger partial charge in [-0.3, -0.25) is 14.5 Å². The molecule has 2 aromatic carbocycles. The average molecular weight is 377 g/mol. The van der Waals surface area contributed by atoms with E-state index in [1.165, 1.54) is 7.11 Å². The molecule has 1 fully saturated rings. The molecule has 1 heterocycles. The Hall–Kier alpha value is -3.17. The molecule has 28 heavy (non-hydrogen) atoms. The molecular formula is C22H23N3O3. The first-order valence-electron chi connectivity index (χ1n) is 9.30. The molecule has 0 unspecified atom stereocenters. The Morgan fingerprint density at radius 2 is 1.54 bits per heavy atom. The van der Waals surface area contributed by atoms with E-state index in [4.69, 9.17) is 5.26 Å². The van der Waals surface area contributed by atoms with Gasteiger partial charge in [-0.2, -0.15) is 5.26 Å². The summed E-state index contributed by atoms with van der Waals surface area (Å²) in [4.78, 5) is 28.0. The lowest BCUT2D eigenvalue weighted by Gasteiger charge is -2.34. The van der Waals surface area contributed by atoms with Crippen LogP contribution in [-0.4, -0.2) is 61.5 Å². The second-order valence-electron chi connectivity index (χ2n) is 6.73. The molecule has 6 nitrogen and oxygen atoms in total. The summed E-state index contributed by atoms with van der Waals surface area (Å²) in [6.45, 7) is 3.47. The fraction of sp³-hybridized carbons (Fsp3) is 0.318. The minimum atomic E-state index is -0.208. The summed E-state index contributed by atoms with van der Waals surface area (Å²) in [5.74, 6) is -0.181. The molecule has 1 aliphatic rings. The Morgan fingerprint density at radius 1 is 0.964 bits per heavy atom. The first-order valence-corrected chi connectivity index (χ1v) is 9.30. The lowest BCUT2D eigenvalue weighted by atomic mass is 10.0. The zero-order valence-corrected chi connectivity index (χ0v) is 15.9. The average Bonchev–Trinajstić information content (AvgIpc) is 2.77. The number of esters is 1. The minimum absolute atomic E-state index is 0.0268. The second-order valence-corrected chi connectivity index (χ2v) is 6.73. The highest BCUT2D eigenvalue weighted by Gasteiger charge is 2.22. The first-order chi connectivity index (χ1) is 13.6. The Labute approximate surface area is 164 Å². The molecule has 0 bridgehead atoms. The molecule has 0 N–H and O–H groups in total. The van der Waals surface area contributed by atoms with E-state index in [-0.39, 0.29) is 11.9 Å². The van der Waals surface area contributed by atoms with Crippen molar-refractivity contribution in [1.82, 2.24) is 9.80 Å². The number of benzene rings is 2. The van der Waals surface area contributed by atoms with Crippen molar-refractivity contribution < 1.29 is 14.3 Å². The molecule has 0 atom stereocenters. The highest BCUT2D eigenvalue weighted by molar-refractivity contribution is 5.94. The lowest BCUT2D eigenvalue weighted by Crippen LogP contribution is -2.49. The van der Waals surface area contributed by atoms with Gasteiger partial charge in [0.05, 0.1) is 25.2 Å². The number of carbonyl (C=O) groups is 2. The van der Waals surface area contributed by atoms with Gasteiger partial charge in [-0.25, -0.2) is 0 Å². The van der Waals surface area contributed by atoms with Crippen molar-refractivity contribution >= 4 is 11.9 Å². The van der Waals surface area contributed by atoms with Gasteiger partial charge in [0.15, 0.2) is 0 Å². The van der Waals surface area contributed by atoms with Crippen LogP contribution in [0.3, 0.4) is 0 Å². The van der Waals surface area contributed by atoms with Crippen LogP contribution in [0, 0.1) is 11.3 Å². The third kappa shape index (κ3) is 4.76. The molecule has 0 saturated carbocycles. The van der Waals surface area contributed by atoms with E-state index in [0.717, 1.165) is 24.2 Å². The number of carbonyl (C=O) groups excluding carboxylic acids is 2. The molecule has 0 aromatic heterocycles. The van der Waals surface area contributed by atoms with Crippen molar-refractivity contribution in [3.63, 3.8) is 0 Å². The first kappa shape index (κ1) is 19.6. The summed E-state index contributed by atoms with van der Waals surface area (Å²) in [5.41, 5.74) is 3.31. The summed E-state index contributed by atoms with van der Waals surface area (Å²) in [6.07, 6.45) is 0.376. The van der Waals surface area contributed by atoms with Gasteiger partial charge in [0.2, 0.25) is 0 Å². The van der Waals surface area contributed by atoms with Gasteiger partial charge in [-0.15, -0.1) is 0 Å². The van der Waals surface area contributed by atoms with Crippen LogP contribution in [-0.2, 0) is 9.53 Å². The fourth-order valence-corrected chi connectivity index (χ4v) is 3.25. The zero-order valence-electron chi connectivity index (χ0n) is 15.9. The Kier molecular flexibility index (Phi) is 6.41. The smallest absolute Gasteiger partial charge is 0.306 e. The van der Waals surface area contributed by atoms with Crippen LogP contribution in [0.2, 0.25) is 0 Å². The minimum Gasteiger partial charge on any atom is -0.469 e. The summed E-state index contributed by atoms with van der Waals surface area (Å²) < 4.78 is 4.67. The number of methoxy groups -OCH3 is 1. The monoisotopic (exact) mass is 377 g/mol. The van der Waals surface area contributed by atoms with Crippen LogP contribution in [0.5, 0.6) is 0 Å². The highest BCUT2D eigenvalue weighted by Crippen LogP contribution is 2.21. The van der Waals surface area contributed by atoms with Gasteiger partial charge < -0.3 is 9.64 Å². The second kappa shape index (κ2) is 9.16. The molecule has 0 spiro atoms. The number of rotatable bonds is 5. The van der Waals surface area contributed by atoms with Gasteiger partial charge in [0.1, 0.15) is 0 Å². The SMILES string of the molecule is COC(=O)CCN1CCN(C(=O)c2ccc(-c3ccc(C#N)cc3)cc2)CC1. The van der Waals surface area contributed by atoms with Crippen molar-refractivity contribution in [2.24, 2.45) is 0 Å².